The van der Waals surface area contributed by atoms with Crippen LogP contribution < -0.4 is 0 Å². The molecule has 68 valence electrons. The quantitative estimate of drug-likeness (QED) is 0.602. The smallest absolute Gasteiger partial charge is 0.228 e. The average molecular weight is 241 g/mol. The van der Waals surface area contributed by atoms with Crippen LogP contribution in [0.4, 0.5) is 0 Å². The van der Waals surface area contributed by atoms with E-state index in [0.29, 0.717) is 5.56 Å². The molecule has 3 heteroatoms. The van der Waals surface area contributed by atoms with Crippen LogP contribution in [-0.2, 0) is 4.79 Å². The van der Waals surface area contributed by atoms with E-state index in [1.807, 2.05) is 6.07 Å². The topological polar surface area (TPSA) is 34.1 Å². The largest absolute Gasteiger partial charge is 0.290 e. The molecule has 13 heavy (non-hydrogen) atoms. The first-order valence-electron chi connectivity index (χ1n) is 3.98. The lowest BCUT2D eigenvalue weighted by Crippen LogP contribution is -2.12. The lowest BCUT2D eigenvalue weighted by Gasteiger charge is -1.97. The molecule has 0 bridgehead atoms. The van der Waals surface area contributed by atoms with Gasteiger partial charge in [-0.15, -0.1) is 0 Å². The van der Waals surface area contributed by atoms with E-state index >= 15 is 0 Å². The Balaban J connectivity index is 2.95. The third kappa shape index (κ3) is 2.49. The van der Waals surface area contributed by atoms with Crippen molar-refractivity contribution in [2.24, 2.45) is 0 Å². The van der Waals surface area contributed by atoms with Gasteiger partial charge in [-0.2, -0.15) is 0 Å². The minimum Gasteiger partial charge on any atom is -0.290 e. The normalized spacial score (nSPS) is 9.69. The molecule has 0 atom stereocenters. The lowest BCUT2D eigenvalue weighted by molar-refractivity contribution is -0.114. The lowest BCUT2D eigenvalue weighted by atomic mass is 10.1. The fraction of sp³-hybridized carbons (Fsp3) is 0.200. The van der Waals surface area contributed by atoms with Crippen LogP contribution in [-0.4, -0.2) is 11.6 Å². The molecule has 0 aliphatic carbocycles. The number of carbonyl (C=O) groups excluding carboxylic acids is 2. The zero-order chi connectivity index (χ0) is 9.84. The van der Waals surface area contributed by atoms with E-state index in [9.17, 15) is 9.59 Å². The van der Waals surface area contributed by atoms with Crippen molar-refractivity contribution in [1.29, 1.82) is 0 Å². The Labute approximate surface area is 85.1 Å². The Morgan fingerprint density at radius 1 is 1.38 bits per heavy atom. The molecule has 0 radical (unpaired) electrons. The summed E-state index contributed by atoms with van der Waals surface area (Å²) in [7, 11) is 0. The summed E-state index contributed by atoms with van der Waals surface area (Å²) < 4.78 is 0.808. The van der Waals surface area contributed by atoms with E-state index in [1.165, 1.54) is 0 Å². The minimum atomic E-state index is -0.413. The second kappa shape index (κ2) is 4.33. The minimum absolute atomic E-state index is 0.255. The Bertz CT molecular complexity index is 345. The maximum absolute atomic E-state index is 11.4. The van der Waals surface area contributed by atoms with Gasteiger partial charge >= 0.3 is 0 Å². The molecule has 0 saturated carbocycles. The predicted octanol–water partition coefficient (Wildman–Crippen LogP) is 2.61. The van der Waals surface area contributed by atoms with Crippen molar-refractivity contribution in [3.63, 3.8) is 0 Å². The molecule has 1 aromatic carbocycles. The van der Waals surface area contributed by atoms with Gasteiger partial charge in [0.2, 0.25) is 11.6 Å². The highest BCUT2D eigenvalue weighted by atomic mass is 79.9. The number of ketones is 2. The Morgan fingerprint density at radius 3 is 2.62 bits per heavy atom. The van der Waals surface area contributed by atoms with Gasteiger partial charge in [-0.1, -0.05) is 35.0 Å². The zero-order valence-corrected chi connectivity index (χ0v) is 8.80. The monoisotopic (exact) mass is 240 g/mol. The summed E-state index contributed by atoms with van der Waals surface area (Å²) in [5, 5.41) is 0. The second-order valence-corrected chi connectivity index (χ2v) is 3.53. The van der Waals surface area contributed by atoms with E-state index < -0.39 is 5.78 Å². The molecule has 0 aliphatic rings. The second-order valence-electron chi connectivity index (χ2n) is 2.62. The molecule has 1 rings (SSSR count). The number of hydrogen-bond acceptors (Lipinski definition) is 2. The zero-order valence-electron chi connectivity index (χ0n) is 7.21. The predicted molar refractivity (Wildman–Crippen MR) is 53.8 cm³/mol. The number of rotatable bonds is 3. The Kier molecular flexibility index (Phi) is 3.37. The Hall–Kier alpha value is -0.960. The number of carbonyl (C=O) groups is 2. The van der Waals surface area contributed by atoms with Gasteiger partial charge in [0.25, 0.3) is 0 Å². The van der Waals surface area contributed by atoms with Gasteiger partial charge in [0.1, 0.15) is 0 Å². The summed E-state index contributed by atoms with van der Waals surface area (Å²) in [5.74, 6) is -0.762. The molecular formula is C10H9BrO2. The fourth-order valence-corrected chi connectivity index (χ4v) is 1.35. The van der Waals surface area contributed by atoms with Crippen molar-refractivity contribution in [2.75, 3.05) is 0 Å². The van der Waals surface area contributed by atoms with Gasteiger partial charge < -0.3 is 0 Å². The summed E-state index contributed by atoms with van der Waals surface area (Å²) in [6, 6.07) is 6.84. The highest BCUT2D eigenvalue weighted by Gasteiger charge is 2.13. The van der Waals surface area contributed by atoms with Crippen LogP contribution in [0.5, 0.6) is 0 Å². The van der Waals surface area contributed by atoms with Crippen molar-refractivity contribution in [3.8, 4) is 0 Å². The standard InChI is InChI=1S/C10H9BrO2/c1-2-9(12)10(13)7-4-3-5-8(11)6-7/h3-6H,2H2,1H3. The molecule has 0 aromatic heterocycles. The van der Waals surface area contributed by atoms with Gasteiger partial charge in [-0.3, -0.25) is 9.59 Å². The maximum Gasteiger partial charge on any atom is 0.228 e. The molecule has 0 spiro atoms. The van der Waals surface area contributed by atoms with Crippen molar-refractivity contribution in [3.05, 3.63) is 34.3 Å². The summed E-state index contributed by atoms with van der Waals surface area (Å²) >= 11 is 3.24. The third-order valence-electron chi connectivity index (χ3n) is 1.66. The molecule has 0 saturated heterocycles. The van der Waals surface area contributed by atoms with Crippen LogP contribution in [0.15, 0.2) is 28.7 Å². The summed E-state index contributed by atoms with van der Waals surface area (Å²) in [5.41, 5.74) is 0.446. The molecule has 0 heterocycles. The fourth-order valence-electron chi connectivity index (χ4n) is 0.951. The van der Waals surface area contributed by atoms with Crippen molar-refractivity contribution in [2.45, 2.75) is 13.3 Å². The van der Waals surface area contributed by atoms with E-state index in [1.54, 1.807) is 25.1 Å². The van der Waals surface area contributed by atoms with Crippen LogP contribution in [0.2, 0.25) is 0 Å². The summed E-state index contributed by atoms with van der Waals surface area (Å²) in [4.78, 5) is 22.4. The van der Waals surface area contributed by atoms with Crippen LogP contribution in [0.3, 0.4) is 0 Å². The highest BCUT2D eigenvalue weighted by molar-refractivity contribution is 9.10. The summed E-state index contributed by atoms with van der Waals surface area (Å²) in [6.45, 7) is 1.68. The van der Waals surface area contributed by atoms with Gasteiger partial charge in [0, 0.05) is 16.5 Å². The number of hydrogen-bond donors (Lipinski definition) is 0. The first kappa shape index (κ1) is 10.1. The highest BCUT2D eigenvalue weighted by Crippen LogP contribution is 2.12. The molecule has 2 nitrogen and oxygen atoms in total. The van der Waals surface area contributed by atoms with E-state index in [0.717, 1.165) is 4.47 Å². The molecule has 0 unspecified atom stereocenters. The van der Waals surface area contributed by atoms with Crippen LogP contribution in [0.1, 0.15) is 23.7 Å². The third-order valence-corrected chi connectivity index (χ3v) is 2.15. The van der Waals surface area contributed by atoms with E-state index in [4.69, 9.17) is 0 Å². The molecular weight excluding hydrogens is 232 g/mol. The van der Waals surface area contributed by atoms with Crippen molar-refractivity contribution < 1.29 is 9.59 Å². The van der Waals surface area contributed by atoms with Crippen LogP contribution in [0, 0.1) is 0 Å². The number of Topliss-reactive ketones (excluding diaryl/α,β-unsaturated/α-hetero) is 2. The molecule has 0 aliphatic heterocycles. The SMILES string of the molecule is CCC(=O)C(=O)c1cccc(Br)c1. The first-order valence-corrected chi connectivity index (χ1v) is 4.77. The van der Waals surface area contributed by atoms with E-state index in [2.05, 4.69) is 15.9 Å². The number of benzene rings is 1. The summed E-state index contributed by atoms with van der Waals surface area (Å²) in [6.07, 6.45) is 0.255. The maximum atomic E-state index is 11.4. The Morgan fingerprint density at radius 2 is 2.08 bits per heavy atom. The van der Waals surface area contributed by atoms with Gasteiger partial charge in [-0.05, 0) is 12.1 Å². The van der Waals surface area contributed by atoms with Gasteiger partial charge in [-0.25, -0.2) is 0 Å². The van der Waals surface area contributed by atoms with Crippen LogP contribution >= 0.6 is 15.9 Å². The average Bonchev–Trinajstić information content (AvgIpc) is 2.15. The van der Waals surface area contributed by atoms with E-state index in [-0.39, 0.29) is 12.2 Å². The molecule has 1 aromatic rings. The van der Waals surface area contributed by atoms with Crippen molar-refractivity contribution in [1.82, 2.24) is 0 Å². The molecule has 0 amide bonds. The van der Waals surface area contributed by atoms with Gasteiger partial charge in [0.15, 0.2) is 0 Å². The van der Waals surface area contributed by atoms with Gasteiger partial charge in [0.05, 0.1) is 0 Å². The number of halogens is 1. The first-order chi connectivity index (χ1) is 6.15. The van der Waals surface area contributed by atoms with Crippen LogP contribution in [0.25, 0.3) is 0 Å². The molecule has 0 fully saturated rings. The van der Waals surface area contributed by atoms with Crippen molar-refractivity contribution >= 4 is 27.5 Å². The molecule has 0 N–H and O–H groups in total.